The summed E-state index contributed by atoms with van der Waals surface area (Å²) in [4.78, 5) is 36.4. The van der Waals surface area contributed by atoms with E-state index >= 15 is 0 Å². The monoisotopic (exact) mass is 307 g/mol. The van der Waals surface area contributed by atoms with Gasteiger partial charge in [-0.15, -0.1) is 11.3 Å². The lowest BCUT2D eigenvalue weighted by Crippen LogP contribution is -2.39. The number of nitrogens with zero attached hydrogens (tertiary/aromatic N) is 1. The van der Waals surface area contributed by atoms with Crippen LogP contribution in [0, 0.1) is 5.41 Å². The number of thiophene rings is 1. The number of fused-ring (bicyclic) bond motifs is 1. The largest absolute Gasteiger partial charge is 0.465 e. The Morgan fingerprint density at radius 2 is 2.05 bits per heavy atom. The minimum atomic E-state index is -1.26. The number of hydrogen-bond acceptors (Lipinski definition) is 5. The van der Waals surface area contributed by atoms with Crippen LogP contribution in [0.15, 0.2) is 28.5 Å². The van der Waals surface area contributed by atoms with E-state index in [1.54, 1.807) is 25.3 Å². The van der Waals surface area contributed by atoms with Crippen LogP contribution in [0.2, 0.25) is 0 Å². The van der Waals surface area contributed by atoms with Crippen molar-refractivity contribution in [3.05, 3.63) is 34.1 Å². The zero-order chi connectivity index (χ0) is 15.6. The van der Waals surface area contributed by atoms with Gasteiger partial charge in [0.15, 0.2) is 5.78 Å². The van der Waals surface area contributed by atoms with E-state index in [4.69, 9.17) is 4.74 Å². The van der Waals surface area contributed by atoms with Gasteiger partial charge < -0.3 is 9.30 Å². The SMILES string of the molecule is CCOC(=O)C(C)(C)C(=O)Cn1ccc2sccc2c1=O. The molecule has 2 aromatic heterocycles. The fraction of sp³-hybridized carbons (Fsp3) is 0.400. The average Bonchev–Trinajstić information content (AvgIpc) is 2.91. The van der Waals surface area contributed by atoms with Crippen molar-refractivity contribution >= 4 is 33.2 Å². The van der Waals surface area contributed by atoms with E-state index in [2.05, 4.69) is 0 Å². The number of Topliss-reactive ketones (excluding diaryl/α,β-unsaturated/α-hetero) is 1. The third-order valence-electron chi connectivity index (χ3n) is 3.39. The van der Waals surface area contributed by atoms with Crippen LogP contribution in [-0.4, -0.2) is 22.9 Å². The zero-order valence-electron chi connectivity index (χ0n) is 12.2. The van der Waals surface area contributed by atoms with Crippen LogP contribution < -0.4 is 5.56 Å². The molecule has 2 aromatic rings. The average molecular weight is 307 g/mol. The van der Waals surface area contributed by atoms with Crippen LogP contribution in [0.25, 0.3) is 10.1 Å². The molecule has 0 amide bonds. The quantitative estimate of drug-likeness (QED) is 0.627. The molecule has 0 aliphatic carbocycles. The first-order chi connectivity index (χ1) is 9.87. The highest BCUT2D eigenvalue weighted by atomic mass is 32.1. The number of hydrogen-bond donors (Lipinski definition) is 0. The van der Waals surface area contributed by atoms with Gasteiger partial charge in [0.2, 0.25) is 0 Å². The van der Waals surface area contributed by atoms with Crippen molar-refractivity contribution in [2.24, 2.45) is 5.41 Å². The summed E-state index contributed by atoms with van der Waals surface area (Å²) < 4.78 is 7.12. The maximum atomic E-state index is 12.3. The van der Waals surface area contributed by atoms with E-state index < -0.39 is 11.4 Å². The molecule has 0 bridgehead atoms. The molecule has 0 radical (unpaired) electrons. The predicted octanol–water partition coefficient (Wildman–Crippen LogP) is 2.22. The molecule has 0 N–H and O–H groups in total. The van der Waals surface area contributed by atoms with E-state index in [0.717, 1.165) is 4.70 Å². The highest BCUT2D eigenvalue weighted by molar-refractivity contribution is 7.17. The third kappa shape index (κ3) is 2.90. The van der Waals surface area contributed by atoms with Gasteiger partial charge in [-0.05, 0) is 38.3 Å². The Morgan fingerprint density at radius 1 is 1.33 bits per heavy atom. The second kappa shape index (κ2) is 5.81. The summed E-state index contributed by atoms with van der Waals surface area (Å²) in [7, 11) is 0. The minimum absolute atomic E-state index is 0.142. The van der Waals surface area contributed by atoms with Gasteiger partial charge in [0.1, 0.15) is 5.41 Å². The summed E-state index contributed by atoms with van der Waals surface area (Å²) in [5, 5.41) is 2.42. The van der Waals surface area contributed by atoms with Crippen molar-refractivity contribution in [2.45, 2.75) is 27.3 Å². The molecule has 0 atom stereocenters. The van der Waals surface area contributed by atoms with Gasteiger partial charge in [-0.25, -0.2) is 0 Å². The Kier molecular flexibility index (Phi) is 4.27. The number of aromatic nitrogens is 1. The lowest BCUT2D eigenvalue weighted by atomic mass is 9.88. The Hall–Kier alpha value is -1.95. The highest BCUT2D eigenvalue weighted by Crippen LogP contribution is 2.21. The molecule has 5 nitrogen and oxygen atoms in total. The summed E-state index contributed by atoms with van der Waals surface area (Å²) >= 11 is 1.47. The first kappa shape index (κ1) is 15.4. The van der Waals surface area contributed by atoms with Gasteiger partial charge in [-0.1, -0.05) is 0 Å². The van der Waals surface area contributed by atoms with Crippen LogP contribution in [-0.2, 0) is 20.9 Å². The van der Waals surface area contributed by atoms with Gasteiger partial charge in [0, 0.05) is 10.9 Å². The molecule has 0 unspecified atom stereocenters. The molecule has 112 valence electrons. The Bertz CT molecular complexity index is 741. The zero-order valence-corrected chi connectivity index (χ0v) is 13.0. The molecule has 0 fully saturated rings. The van der Waals surface area contributed by atoms with Crippen LogP contribution in [0.3, 0.4) is 0 Å². The fourth-order valence-electron chi connectivity index (χ4n) is 1.91. The van der Waals surface area contributed by atoms with Crippen molar-refractivity contribution in [1.29, 1.82) is 0 Å². The van der Waals surface area contributed by atoms with E-state index in [-0.39, 0.29) is 24.5 Å². The highest BCUT2D eigenvalue weighted by Gasteiger charge is 2.37. The first-order valence-electron chi connectivity index (χ1n) is 6.65. The molecule has 0 saturated heterocycles. The maximum Gasteiger partial charge on any atom is 0.319 e. The molecule has 0 aliphatic rings. The topological polar surface area (TPSA) is 65.4 Å². The molecule has 0 aromatic carbocycles. The van der Waals surface area contributed by atoms with E-state index in [1.807, 2.05) is 5.38 Å². The molecule has 0 spiro atoms. The summed E-state index contributed by atoms with van der Waals surface area (Å²) in [5.74, 6) is -0.919. The summed E-state index contributed by atoms with van der Waals surface area (Å²) in [5.41, 5.74) is -1.49. The number of ketones is 1. The molecular weight excluding hydrogens is 290 g/mol. The van der Waals surface area contributed by atoms with Gasteiger partial charge >= 0.3 is 5.97 Å². The Labute approximate surface area is 126 Å². The summed E-state index contributed by atoms with van der Waals surface area (Å²) in [6, 6.07) is 3.53. The van der Waals surface area contributed by atoms with Crippen molar-refractivity contribution in [3.8, 4) is 0 Å². The number of carbonyl (C=O) groups is 2. The molecule has 0 aliphatic heterocycles. The number of rotatable bonds is 5. The predicted molar refractivity (Wildman–Crippen MR) is 81.5 cm³/mol. The van der Waals surface area contributed by atoms with Gasteiger partial charge in [-0.3, -0.25) is 14.4 Å². The van der Waals surface area contributed by atoms with Crippen LogP contribution in [0.5, 0.6) is 0 Å². The molecule has 2 rings (SSSR count). The van der Waals surface area contributed by atoms with E-state index in [0.29, 0.717) is 5.39 Å². The minimum Gasteiger partial charge on any atom is -0.465 e. The Balaban J connectivity index is 2.27. The summed E-state index contributed by atoms with van der Waals surface area (Å²) in [6.07, 6.45) is 1.58. The van der Waals surface area contributed by atoms with Crippen molar-refractivity contribution < 1.29 is 14.3 Å². The molecule has 0 saturated carbocycles. The fourth-order valence-corrected chi connectivity index (χ4v) is 2.68. The van der Waals surface area contributed by atoms with Gasteiger partial charge in [-0.2, -0.15) is 0 Å². The molecular formula is C15H17NO4S. The lowest BCUT2D eigenvalue weighted by Gasteiger charge is -2.21. The van der Waals surface area contributed by atoms with Crippen LogP contribution in [0.1, 0.15) is 20.8 Å². The number of esters is 1. The second-order valence-electron chi connectivity index (χ2n) is 5.22. The van der Waals surface area contributed by atoms with Crippen molar-refractivity contribution in [3.63, 3.8) is 0 Å². The lowest BCUT2D eigenvalue weighted by molar-refractivity contribution is -0.158. The third-order valence-corrected chi connectivity index (χ3v) is 4.27. The van der Waals surface area contributed by atoms with E-state index in [9.17, 15) is 14.4 Å². The number of pyridine rings is 1. The Morgan fingerprint density at radius 3 is 2.71 bits per heavy atom. The normalized spacial score (nSPS) is 11.6. The summed E-state index contributed by atoms with van der Waals surface area (Å²) in [6.45, 7) is 4.79. The number of ether oxygens (including phenoxy) is 1. The maximum absolute atomic E-state index is 12.3. The second-order valence-corrected chi connectivity index (χ2v) is 6.16. The van der Waals surface area contributed by atoms with Gasteiger partial charge in [0.05, 0.1) is 18.5 Å². The number of carbonyl (C=O) groups excluding carboxylic acids is 2. The van der Waals surface area contributed by atoms with Crippen molar-refractivity contribution in [2.75, 3.05) is 6.61 Å². The first-order valence-corrected chi connectivity index (χ1v) is 7.53. The van der Waals surface area contributed by atoms with Crippen LogP contribution in [0.4, 0.5) is 0 Å². The molecule has 2 heterocycles. The molecule has 21 heavy (non-hydrogen) atoms. The van der Waals surface area contributed by atoms with Crippen LogP contribution >= 0.6 is 11.3 Å². The van der Waals surface area contributed by atoms with E-state index in [1.165, 1.54) is 29.8 Å². The molecule has 6 heteroatoms. The standard InChI is InChI=1S/C15H17NO4S/c1-4-20-14(19)15(2,3)12(17)9-16-7-5-11-10(13(16)18)6-8-21-11/h5-8H,4,9H2,1-3H3. The smallest absolute Gasteiger partial charge is 0.319 e. The van der Waals surface area contributed by atoms with Crippen molar-refractivity contribution in [1.82, 2.24) is 4.57 Å². The van der Waals surface area contributed by atoms with Gasteiger partial charge in [0.25, 0.3) is 5.56 Å².